The molecule has 4 amide bonds. The second-order valence-electron chi connectivity index (χ2n) is 8.10. The Bertz CT molecular complexity index is 1320. The minimum atomic E-state index is -2.95. The third kappa shape index (κ3) is 4.38. The van der Waals surface area contributed by atoms with E-state index in [1.807, 2.05) is 29.6 Å². The number of imide groups is 1. The minimum Gasteiger partial charge on any atom is -0.489 e. The maximum Gasteiger partial charge on any atom is 0.255 e. The second-order valence-corrected chi connectivity index (χ2v) is 8.10. The van der Waals surface area contributed by atoms with E-state index in [2.05, 4.69) is 0 Å². The third-order valence-electron chi connectivity index (χ3n) is 5.86. The lowest BCUT2D eigenvalue weighted by Crippen LogP contribution is -2.52. The first-order chi connectivity index (χ1) is 18.0. The number of ether oxygens (including phenoxy) is 2. The molecule has 0 saturated carbocycles. The summed E-state index contributed by atoms with van der Waals surface area (Å²) in [5.41, 5.74) is 2.32. The molecule has 2 atom stereocenters. The van der Waals surface area contributed by atoms with Crippen molar-refractivity contribution in [2.75, 3.05) is 19.8 Å². The van der Waals surface area contributed by atoms with E-state index in [4.69, 9.17) is 15.0 Å². The predicted octanol–water partition coefficient (Wildman–Crippen LogP) is 1.39. The molecule has 2 fully saturated rings. The highest BCUT2D eigenvalue weighted by atomic mass is 16.5. The number of nitrogens with zero attached hydrogens (tertiary/aromatic N) is 2. The van der Waals surface area contributed by atoms with Crippen molar-refractivity contribution < 1.29 is 34.1 Å². The van der Waals surface area contributed by atoms with Crippen LogP contribution in [0.1, 0.15) is 45.3 Å². The average molecular weight is 468 g/mol. The SMILES string of the molecule is [2H]C1C(=O)NC(=O)C([2H])(N2Cc3c(OCc4ccc(CN5CCOCC5=O)cc4)cccc3C2=O)C1([2H])[2H]. The van der Waals surface area contributed by atoms with Gasteiger partial charge in [-0.1, -0.05) is 30.3 Å². The number of hydrogen-bond donors (Lipinski definition) is 1. The summed E-state index contributed by atoms with van der Waals surface area (Å²) in [6.45, 7) is 1.48. The number of hydrogen-bond acceptors (Lipinski definition) is 6. The summed E-state index contributed by atoms with van der Waals surface area (Å²) in [6, 6.07) is 9.42. The molecule has 2 saturated heterocycles. The van der Waals surface area contributed by atoms with Gasteiger partial charge in [0.1, 0.15) is 25.0 Å². The summed E-state index contributed by atoms with van der Waals surface area (Å²) < 4.78 is 44.1. The number of piperidine rings is 1. The summed E-state index contributed by atoms with van der Waals surface area (Å²) in [5, 5.41) is 1.85. The van der Waals surface area contributed by atoms with E-state index in [1.165, 1.54) is 6.07 Å². The van der Waals surface area contributed by atoms with E-state index in [9.17, 15) is 19.2 Å². The van der Waals surface area contributed by atoms with Crippen molar-refractivity contribution in [2.45, 2.75) is 38.5 Å². The number of morpholine rings is 1. The number of nitrogens with one attached hydrogen (secondary N) is 1. The van der Waals surface area contributed by atoms with Crippen LogP contribution in [0.2, 0.25) is 0 Å². The Labute approximate surface area is 202 Å². The Morgan fingerprint density at radius 3 is 2.71 bits per heavy atom. The van der Waals surface area contributed by atoms with Crippen molar-refractivity contribution in [3.63, 3.8) is 0 Å². The van der Waals surface area contributed by atoms with Gasteiger partial charge in [0, 0.05) is 34.7 Å². The van der Waals surface area contributed by atoms with E-state index in [0.717, 1.165) is 16.0 Å². The van der Waals surface area contributed by atoms with Crippen molar-refractivity contribution in [1.29, 1.82) is 0 Å². The molecule has 34 heavy (non-hydrogen) atoms. The standard InChI is InChI=1S/C25H25N3O6/c29-22-9-8-20(24(31)26-22)28-13-19-18(25(28)32)2-1-3-21(19)34-14-17-6-4-16(5-7-17)12-27-10-11-33-15-23(27)30/h1-7,20H,8-15H2,(H,26,29,31)/i8D2,9D,20D. The first kappa shape index (κ1) is 17.7. The van der Waals surface area contributed by atoms with E-state index < -0.39 is 36.5 Å². The molecule has 9 heteroatoms. The molecule has 3 heterocycles. The number of carbonyl (C=O) groups is 4. The van der Waals surface area contributed by atoms with Crippen LogP contribution in [0.25, 0.3) is 0 Å². The zero-order valence-corrected chi connectivity index (χ0v) is 18.2. The van der Waals surface area contributed by atoms with E-state index in [0.29, 0.717) is 31.0 Å². The molecule has 3 aliphatic heterocycles. The first-order valence-corrected chi connectivity index (χ1v) is 10.8. The summed E-state index contributed by atoms with van der Waals surface area (Å²) >= 11 is 0. The van der Waals surface area contributed by atoms with Crippen LogP contribution in [-0.4, -0.2) is 59.2 Å². The second kappa shape index (κ2) is 9.26. The number of rotatable bonds is 6. The van der Waals surface area contributed by atoms with Gasteiger partial charge in [0.05, 0.1) is 14.5 Å². The molecule has 0 radical (unpaired) electrons. The normalized spacial score (nSPS) is 27.9. The van der Waals surface area contributed by atoms with Crippen molar-refractivity contribution in [3.8, 4) is 5.75 Å². The lowest BCUT2D eigenvalue weighted by Gasteiger charge is -2.29. The maximum absolute atomic E-state index is 13.2. The molecule has 9 nitrogen and oxygen atoms in total. The molecular formula is C25H25N3O6. The number of fused-ring (bicyclic) bond motifs is 1. The summed E-state index contributed by atoms with van der Waals surface area (Å²) in [4.78, 5) is 52.1. The average Bonchev–Trinajstić information content (AvgIpc) is 3.25. The third-order valence-corrected chi connectivity index (χ3v) is 5.86. The fourth-order valence-electron chi connectivity index (χ4n) is 4.07. The van der Waals surface area contributed by atoms with Crippen LogP contribution in [0.5, 0.6) is 5.75 Å². The Kier molecular flexibility index (Phi) is 4.83. The van der Waals surface area contributed by atoms with Gasteiger partial charge in [0.2, 0.25) is 17.7 Å². The van der Waals surface area contributed by atoms with Crippen molar-refractivity contribution >= 4 is 23.6 Å². The van der Waals surface area contributed by atoms with Crippen LogP contribution in [0.3, 0.4) is 0 Å². The van der Waals surface area contributed by atoms with Gasteiger partial charge < -0.3 is 19.3 Å². The highest BCUT2D eigenvalue weighted by Gasteiger charge is 2.40. The van der Waals surface area contributed by atoms with Crippen molar-refractivity contribution in [3.05, 3.63) is 64.7 Å². The molecule has 3 aliphatic rings. The quantitative estimate of drug-likeness (QED) is 0.644. The molecule has 0 aliphatic carbocycles. The topological polar surface area (TPSA) is 105 Å². The Hall–Kier alpha value is -3.72. The fourth-order valence-corrected chi connectivity index (χ4v) is 4.07. The minimum absolute atomic E-state index is 0.0525. The van der Waals surface area contributed by atoms with Crippen LogP contribution < -0.4 is 10.1 Å². The van der Waals surface area contributed by atoms with Gasteiger partial charge in [-0.15, -0.1) is 0 Å². The van der Waals surface area contributed by atoms with Crippen LogP contribution >= 0.6 is 0 Å². The van der Waals surface area contributed by atoms with Crippen molar-refractivity contribution in [2.24, 2.45) is 0 Å². The first-order valence-electron chi connectivity index (χ1n) is 12.9. The molecule has 0 spiro atoms. The summed E-state index contributed by atoms with van der Waals surface area (Å²) in [6.07, 6.45) is -5.01. The summed E-state index contributed by atoms with van der Waals surface area (Å²) in [7, 11) is 0. The Morgan fingerprint density at radius 2 is 1.91 bits per heavy atom. The monoisotopic (exact) mass is 467 g/mol. The Balaban J connectivity index is 1.31. The van der Waals surface area contributed by atoms with Gasteiger partial charge in [-0.25, -0.2) is 0 Å². The van der Waals surface area contributed by atoms with E-state index in [1.54, 1.807) is 17.0 Å². The molecular weight excluding hydrogens is 438 g/mol. The zero-order chi connectivity index (χ0) is 27.2. The number of amides is 4. The molecule has 5 rings (SSSR count). The lowest BCUT2D eigenvalue weighted by molar-refractivity contribution is -0.143. The van der Waals surface area contributed by atoms with Gasteiger partial charge in [0.25, 0.3) is 5.91 Å². The van der Waals surface area contributed by atoms with Gasteiger partial charge in [-0.3, -0.25) is 24.5 Å². The van der Waals surface area contributed by atoms with E-state index in [-0.39, 0.29) is 31.2 Å². The van der Waals surface area contributed by atoms with Gasteiger partial charge >= 0.3 is 0 Å². The molecule has 176 valence electrons. The highest BCUT2D eigenvalue weighted by Crippen LogP contribution is 2.34. The molecule has 0 bridgehead atoms. The number of carbonyl (C=O) groups excluding carboxylic acids is 4. The highest BCUT2D eigenvalue weighted by molar-refractivity contribution is 6.05. The predicted molar refractivity (Wildman–Crippen MR) is 119 cm³/mol. The van der Waals surface area contributed by atoms with Crippen LogP contribution in [0, 0.1) is 0 Å². The molecule has 2 aromatic rings. The smallest absolute Gasteiger partial charge is 0.255 e. The summed E-state index contributed by atoms with van der Waals surface area (Å²) in [5.74, 6) is -2.93. The van der Waals surface area contributed by atoms with Crippen molar-refractivity contribution in [1.82, 2.24) is 15.1 Å². The molecule has 0 aromatic heterocycles. The van der Waals surface area contributed by atoms with Gasteiger partial charge in [-0.05, 0) is 29.6 Å². The van der Waals surface area contributed by atoms with E-state index >= 15 is 0 Å². The van der Waals surface area contributed by atoms with Gasteiger partial charge in [-0.2, -0.15) is 0 Å². The molecule has 2 unspecified atom stereocenters. The lowest BCUT2D eigenvalue weighted by atomic mass is 10.0. The van der Waals surface area contributed by atoms with Gasteiger partial charge in [0.15, 0.2) is 0 Å². The van der Waals surface area contributed by atoms with Crippen LogP contribution in [-0.2, 0) is 38.8 Å². The molecule has 1 N–H and O–H groups in total. The van der Waals surface area contributed by atoms with Crippen LogP contribution in [0.4, 0.5) is 0 Å². The van der Waals surface area contributed by atoms with Crippen LogP contribution in [0.15, 0.2) is 42.5 Å². The fraction of sp³-hybridized carbons (Fsp3) is 0.360. The molecule has 2 aromatic carbocycles. The number of benzene rings is 2. The largest absolute Gasteiger partial charge is 0.489 e. The zero-order valence-electron chi connectivity index (χ0n) is 22.2. The maximum atomic E-state index is 13.2. The Morgan fingerprint density at radius 1 is 1.12 bits per heavy atom.